The van der Waals surface area contributed by atoms with Crippen LogP contribution in [-0.2, 0) is 0 Å². The van der Waals surface area contributed by atoms with E-state index in [0.29, 0.717) is 17.4 Å². The minimum Gasteiger partial charge on any atom is -0.370 e. The van der Waals surface area contributed by atoms with Crippen molar-refractivity contribution in [2.24, 2.45) is 5.41 Å². The van der Waals surface area contributed by atoms with Crippen molar-refractivity contribution in [3.63, 3.8) is 0 Å². The summed E-state index contributed by atoms with van der Waals surface area (Å²) in [5, 5.41) is 7.03. The van der Waals surface area contributed by atoms with Crippen LogP contribution >= 0.6 is 0 Å². The van der Waals surface area contributed by atoms with E-state index < -0.39 is 0 Å². The monoisotopic (exact) mass is 290 g/mol. The molecule has 1 aromatic rings. The smallest absolute Gasteiger partial charge is 0.135 e. The molecule has 0 spiro atoms. The van der Waals surface area contributed by atoms with E-state index in [1.54, 1.807) is 6.33 Å². The number of nitrogens with one attached hydrogen (secondary N) is 2. The lowest BCUT2D eigenvalue weighted by Gasteiger charge is -2.35. The van der Waals surface area contributed by atoms with Gasteiger partial charge in [-0.1, -0.05) is 27.7 Å². The minimum atomic E-state index is 0.405. The minimum absolute atomic E-state index is 0.405. The molecular formula is C17H30N4. The number of aromatic nitrogens is 2. The van der Waals surface area contributed by atoms with Gasteiger partial charge in [-0.25, -0.2) is 9.97 Å². The molecule has 0 bridgehead atoms. The van der Waals surface area contributed by atoms with Crippen molar-refractivity contribution >= 4 is 11.6 Å². The highest BCUT2D eigenvalue weighted by molar-refractivity contribution is 5.59. The maximum absolute atomic E-state index is 4.51. The van der Waals surface area contributed by atoms with Crippen molar-refractivity contribution in [2.45, 2.75) is 72.3 Å². The van der Waals surface area contributed by atoms with Gasteiger partial charge in [0.15, 0.2) is 0 Å². The third-order valence-electron chi connectivity index (χ3n) is 4.49. The Morgan fingerprint density at radius 3 is 2.38 bits per heavy atom. The van der Waals surface area contributed by atoms with Crippen LogP contribution in [-0.4, -0.2) is 22.6 Å². The number of rotatable bonds is 5. The molecule has 1 aliphatic rings. The Morgan fingerprint density at radius 1 is 1.19 bits per heavy atom. The molecule has 1 aromatic heterocycles. The molecule has 2 N–H and O–H groups in total. The summed E-state index contributed by atoms with van der Waals surface area (Å²) in [7, 11) is 0. The summed E-state index contributed by atoms with van der Waals surface area (Å²) in [5.74, 6) is 2.39. The van der Waals surface area contributed by atoms with E-state index in [1.807, 2.05) is 0 Å². The predicted octanol–water partition coefficient (Wildman–Crippen LogP) is 4.41. The molecule has 1 fully saturated rings. The second-order valence-corrected chi connectivity index (χ2v) is 7.25. The third kappa shape index (κ3) is 4.08. The molecule has 2 rings (SSSR count). The molecule has 1 heterocycles. The highest BCUT2D eigenvalue weighted by Crippen LogP contribution is 2.37. The lowest BCUT2D eigenvalue weighted by Crippen LogP contribution is -2.30. The maximum atomic E-state index is 4.51. The quantitative estimate of drug-likeness (QED) is 0.843. The Kier molecular flexibility index (Phi) is 5.07. The van der Waals surface area contributed by atoms with E-state index in [-0.39, 0.29) is 0 Å². The van der Waals surface area contributed by atoms with Crippen LogP contribution in [0, 0.1) is 5.41 Å². The van der Waals surface area contributed by atoms with Crippen molar-refractivity contribution in [3.8, 4) is 0 Å². The fourth-order valence-electron chi connectivity index (χ4n) is 3.10. The van der Waals surface area contributed by atoms with Gasteiger partial charge in [0.1, 0.15) is 18.0 Å². The molecule has 0 atom stereocenters. The predicted molar refractivity (Wildman–Crippen MR) is 89.9 cm³/mol. The zero-order chi connectivity index (χ0) is 15.5. The van der Waals surface area contributed by atoms with Crippen LogP contribution in [0.25, 0.3) is 0 Å². The standard InChI is InChI=1S/C17H30N4/c1-6-18-15-14(12(2)3)16(20-11-19-15)21-13-7-9-17(4,5)10-8-13/h11-13H,6-10H2,1-5H3,(H2,18,19,20,21). The lowest BCUT2D eigenvalue weighted by molar-refractivity contribution is 0.232. The zero-order valence-electron chi connectivity index (χ0n) is 14.2. The number of hydrogen-bond donors (Lipinski definition) is 2. The van der Waals surface area contributed by atoms with Crippen LogP contribution in [0.4, 0.5) is 11.6 Å². The van der Waals surface area contributed by atoms with Crippen LogP contribution in [0.3, 0.4) is 0 Å². The van der Waals surface area contributed by atoms with E-state index in [4.69, 9.17) is 0 Å². The summed E-state index contributed by atoms with van der Waals surface area (Å²) < 4.78 is 0. The van der Waals surface area contributed by atoms with Crippen molar-refractivity contribution in [2.75, 3.05) is 17.2 Å². The van der Waals surface area contributed by atoms with E-state index in [9.17, 15) is 0 Å². The van der Waals surface area contributed by atoms with Crippen LogP contribution in [0.5, 0.6) is 0 Å². The third-order valence-corrected chi connectivity index (χ3v) is 4.49. The van der Waals surface area contributed by atoms with Gasteiger partial charge in [-0.15, -0.1) is 0 Å². The first-order valence-corrected chi connectivity index (χ1v) is 8.28. The van der Waals surface area contributed by atoms with Gasteiger partial charge < -0.3 is 10.6 Å². The zero-order valence-corrected chi connectivity index (χ0v) is 14.2. The Hall–Kier alpha value is -1.32. The van der Waals surface area contributed by atoms with Crippen molar-refractivity contribution in [1.82, 2.24) is 9.97 Å². The molecule has 0 unspecified atom stereocenters. The van der Waals surface area contributed by atoms with Gasteiger partial charge in [-0.3, -0.25) is 0 Å². The number of nitrogens with zero attached hydrogens (tertiary/aromatic N) is 2. The molecule has 0 saturated heterocycles. The summed E-state index contributed by atoms with van der Waals surface area (Å²) in [6.07, 6.45) is 6.69. The van der Waals surface area contributed by atoms with E-state index in [1.165, 1.54) is 31.2 Å². The summed E-state index contributed by atoms with van der Waals surface area (Å²) in [4.78, 5) is 8.92. The summed E-state index contributed by atoms with van der Waals surface area (Å²) in [6.45, 7) is 12.1. The largest absolute Gasteiger partial charge is 0.370 e. The molecular weight excluding hydrogens is 260 g/mol. The highest BCUT2D eigenvalue weighted by atomic mass is 15.1. The Morgan fingerprint density at radius 2 is 1.81 bits per heavy atom. The average molecular weight is 290 g/mol. The first-order valence-electron chi connectivity index (χ1n) is 8.28. The first-order chi connectivity index (χ1) is 9.93. The fraction of sp³-hybridized carbons (Fsp3) is 0.765. The molecule has 4 nitrogen and oxygen atoms in total. The molecule has 21 heavy (non-hydrogen) atoms. The van der Waals surface area contributed by atoms with Gasteiger partial charge in [-0.2, -0.15) is 0 Å². The SMILES string of the molecule is CCNc1ncnc(NC2CCC(C)(C)CC2)c1C(C)C. The molecule has 0 amide bonds. The van der Waals surface area contributed by atoms with Gasteiger partial charge in [0.2, 0.25) is 0 Å². The van der Waals surface area contributed by atoms with Gasteiger partial charge in [-0.05, 0) is 43.9 Å². The molecule has 4 heteroatoms. The van der Waals surface area contributed by atoms with Crippen LogP contribution in [0.15, 0.2) is 6.33 Å². The van der Waals surface area contributed by atoms with E-state index in [0.717, 1.165) is 18.2 Å². The van der Waals surface area contributed by atoms with Gasteiger partial charge >= 0.3 is 0 Å². The summed E-state index contributed by atoms with van der Waals surface area (Å²) >= 11 is 0. The van der Waals surface area contributed by atoms with Crippen LogP contribution < -0.4 is 10.6 Å². The second kappa shape index (κ2) is 6.63. The van der Waals surface area contributed by atoms with E-state index >= 15 is 0 Å². The van der Waals surface area contributed by atoms with Gasteiger partial charge in [0.25, 0.3) is 0 Å². The average Bonchev–Trinajstić information content (AvgIpc) is 2.41. The van der Waals surface area contributed by atoms with Crippen molar-refractivity contribution in [3.05, 3.63) is 11.9 Å². The fourth-order valence-corrected chi connectivity index (χ4v) is 3.10. The normalized spacial score (nSPS) is 18.8. The van der Waals surface area contributed by atoms with Gasteiger partial charge in [0.05, 0.1) is 0 Å². The highest BCUT2D eigenvalue weighted by Gasteiger charge is 2.27. The molecule has 1 aliphatic carbocycles. The second-order valence-electron chi connectivity index (χ2n) is 7.25. The molecule has 0 aliphatic heterocycles. The Balaban J connectivity index is 2.14. The lowest BCUT2D eigenvalue weighted by atomic mass is 9.75. The molecule has 0 aromatic carbocycles. The number of anilines is 2. The molecule has 0 radical (unpaired) electrons. The van der Waals surface area contributed by atoms with Crippen LogP contribution in [0.2, 0.25) is 0 Å². The Bertz CT molecular complexity index is 458. The molecule has 118 valence electrons. The van der Waals surface area contributed by atoms with E-state index in [2.05, 4.69) is 55.2 Å². The maximum Gasteiger partial charge on any atom is 0.135 e. The van der Waals surface area contributed by atoms with Crippen molar-refractivity contribution in [1.29, 1.82) is 0 Å². The van der Waals surface area contributed by atoms with Crippen molar-refractivity contribution < 1.29 is 0 Å². The summed E-state index contributed by atoms with van der Waals surface area (Å²) in [5.41, 5.74) is 1.71. The van der Waals surface area contributed by atoms with Crippen LogP contribution in [0.1, 0.15) is 71.8 Å². The Labute approximate surface area is 129 Å². The first kappa shape index (κ1) is 16.1. The molecule has 1 saturated carbocycles. The summed E-state index contributed by atoms with van der Waals surface area (Å²) in [6, 6.07) is 0.542. The van der Waals surface area contributed by atoms with Gasteiger partial charge in [0, 0.05) is 18.2 Å². The topological polar surface area (TPSA) is 49.8 Å². The number of hydrogen-bond acceptors (Lipinski definition) is 4.